The van der Waals surface area contributed by atoms with Gasteiger partial charge in [-0.2, -0.15) is 4.31 Å². The largest absolute Gasteiger partial charge is 0.454 e. The Labute approximate surface area is 182 Å². The molecule has 2 heterocycles. The first kappa shape index (κ1) is 23.5. The molecule has 1 aliphatic heterocycles. The molecule has 1 aliphatic rings. The first-order valence-corrected chi connectivity index (χ1v) is 12.7. The lowest BCUT2D eigenvalue weighted by atomic mass is 10.1. The average molecular weight is 471 g/mol. The van der Waals surface area contributed by atoms with Crippen molar-refractivity contribution in [1.82, 2.24) is 8.61 Å². The highest BCUT2D eigenvalue weighted by Crippen LogP contribution is 2.25. The lowest BCUT2D eigenvalue weighted by molar-refractivity contribution is 0.0440. The summed E-state index contributed by atoms with van der Waals surface area (Å²) < 4.78 is 62.7. The molecule has 1 aromatic carbocycles. The monoisotopic (exact) mass is 470 g/mol. The predicted octanol–water partition coefficient (Wildman–Crippen LogP) is 2.45. The molecule has 0 bridgehead atoms. The zero-order valence-corrected chi connectivity index (χ0v) is 19.3. The van der Waals surface area contributed by atoms with Gasteiger partial charge in [-0.25, -0.2) is 25.9 Å². The number of nitrogens with zero attached hydrogens (tertiary/aromatic N) is 2. The summed E-state index contributed by atoms with van der Waals surface area (Å²) in [5.74, 6) is -0.504. The molecule has 1 unspecified atom stereocenters. The molecular formula is C20H26N2O7S2. The molecule has 1 atom stereocenters. The van der Waals surface area contributed by atoms with Crippen LogP contribution in [0.1, 0.15) is 42.3 Å². The third-order valence-electron chi connectivity index (χ3n) is 5.16. The minimum Gasteiger partial charge on any atom is -0.454 e. The summed E-state index contributed by atoms with van der Waals surface area (Å²) in [6.07, 6.45) is 2.67. The summed E-state index contributed by atoms with van der Waals surface area (Å²) in [5, 5.41) is -0.245. The van der Waals surface area contributed by atoms with Crippen LogP contribution >= 0.6 is 0 Å². The van der Waals surface area contributed by atoms with Gasteiger partial charge in [-0.05, 0) is 56.2 Å². The standard InChI is InChI=1S/C20H26N2O7S2/c1-15-6-4-5-13-22(15)30(24,25)18-10-7-16(8-11-18)20(23)28-14-17-9-12-19(29-17)31(26,27)21(2)3/h7-12,15H,4-6,13-14H2,1-3H3. The first-order valence-electron chi connectivity index (χ1n) is 9.84. The molecule has 31 heavy (non-hydrogen) atoms. The van der Waals surface area contributed by atoms with Gasteiger partial charge in [0.1, 0.15) is 12.4 Å². The fourth-order valence-corrected chi connectivity index (χ4v) is 5.81. The molecule has 0 N–H and O–H groups in total. The number of esters is 1. The summed E-state index contributed by atoms with van der Waals surface area (Å²) in [6.45, 7) is 2.13. The van der Waals surface area contributed by atoms with Crippen LogP contribution in [0, 0.1) is 0 Å². The molecule has 9 nitrogen and oxygen atoms in total. The van der Waals surface area contributed by atoms with E-state index in [1.807, 2.05) is 6.92 Å². The molecule has 1 fully saturated rings. The Balaban J connectivity index is 1.65. The van der Waals surface area contributed by atoms with Gasteiger partial charge in [0.05, 0.1) is 10.5 Å². The molecule has 3 rings (SSSR count). The molecular weight excluding hydrogens is 444 g/mol. The molecule has 0 spiro atoms. The van der Waals surface area contributed by atoms with Crippen LogP contribution < -0.4 is 0 Å². The Bertz CT molecular complexity index is 1140. The van der Waals surface area contributed by atoms with Crippen molar-refractivity contribution in [3.05, 3.63) is 47.7 Å². The molecule has 0 aliphatic carbocycles. The average Bonchev–Trinajstić information content (AvgIpc) is 3.22. The van der Waals surface area contributed by atoms with E-state index in [-0.39, 0.29) is 34.0 Å². The second-order valence-corrected chi connectivity index (χ2v) is 11.5. The molecule has 170 valence electrons. The van der Waals surface area contributed by atoms with E-state index in [0.717, 1.165) is 23.6 Å². The van der Waals surface area contributed by atoms with E-state index in [4.69, 9.17) is 9.15 Å². The van der Waals surface area contributed by atoms with Gasteiger partial charge in [-0.15, -0.1) is 0 Å². The van der Waals surface area contributed by atoms with Gasteiger partial charge >= 0.3 is 5.97 Å². The number of benzene rings is 1. The van der Waals surface area contributed by atoms with Crippen LogP contribution in [-0.4, -0.2) is 58.1 Å². The molecule has 0 amide bonds. The molecule has 11 heteroatoms. The third kappa shape index (κ3) is 5.00. The Kier molecular flexibility index (Phi) is 6.89. The van der Waals surface area contributed by atoms with Gasteiger partial charge in [0, 0.05) is 26.7 Å². The number of sulfonamides is 2. The van der Waals surface area contributed by atoms with Gasteiger partial charge in [-0.1, -0.05) is 6.42 Å². The van der Waals surface area contributed by atoms with Crippen LogP contribution in [0.25, 0.3) is 0 Å². The van der Waals surface area contributed by atoms with E-state index in [9.17, 15) is 21.6 Å². The topological polar surface area (TPSA) is 114 Å². The summed E-state index contributed by atoms with van der Waals surface area (Å²) in [6, 6.07) is 8.22. The van der Waals surface area contributed by atoms with Crippen LogP contribution in [-0.2, 0) is 31.4 Å². The maximum absolute atomic E-state index is 12.9. The lowest BCUT2D eigenvalue weighted by Gasteiger charge is -2.32. The number of piperidine rings is 1. The van der Waals surface area contributed by atoms with E-state index >= 15 is 0 Å². The number of hydrogen-bond acceptors (Lipinski definition) is 7. The fourth-order valence-electron chi connectivity index (χ4n) is 3.30. The summed E-state index contributed by atoms with van der Waals surface area (Å²) >= 11 is 0. The molecule has 0 saturated carbocycles. The molecule has 2 aromatic rings. The highest BCUT2D eigenvalue weighted by atomic mass is 32.2. The lowest BCUT2D eigenvalue weighted by Crippen LogP contribution is -2.41. The zero-order chi connectivity index (χ0) is 22.8. The van der Waals surface area contributed by atoms with E-state index in [1.54, 1.807) is 0 Å². The molecule has 1 aromatic heterocycles. The van der Waals surface area contributed by atoms with Crippen molar-refractivity contribution in [2.45, 2.75) is 48.8 Å². The van der Waals surface area contributed by atoms with Crippen molar-refractivity contribution in [3.8, 4) is 0 Å². The quantitative estimate of drug-likeness (QED) is 0.571. The second kappa shape index (κ2) is 9.11. The normalized spacial score (nSPS) is 18.3. The van der Waals surface area contributed by atoms with E-state index in [1.165, 1.54) is 54.8 Å². The molecule has 0 radical (unpaired) electrons. The predicted molar refractivity (Wildman–Crippen MR) is 112 cm³/mol. The number of rotatable bonds is 7. The SMILES string of the molecule is CC1CCCCN1S(=O)(=O)c1ccc(C(=O)OCc2ccc(S(=O)(=O)N(C)C)o2)cc1. The van der Waals surface area contributed by atoms with Crippen molar-refractivity contribution in [2.75, 3.05) is 20.6 Å². The second-order valence-electron chi connectivity index (χ2n) is 7.57. The van der Waals surface area contributed by atoms with Crippen molar-refractivity contribution in [1.29, 1.82) is 0 Å². The van der Waals surface area contributed by atoms with Crippen LogP contribution in [0.3, 0.4) is 0 Å². The van der Waals surface area contributed by atoms with E-state index in [0.29, 0.717) is 6.54 Å². The third-order valence-corrected chi connectivity index (χ3v) is 8.87. The Morgan fingerprint density at radius 2 is 1.77 bits per heavy atom. The minimum atomic E-state index is -3.71. The zero-order valence-electron chi connectivity index (χ0n) is 17.6. The molecule has 1 saturated heterocycles. The van der Waals surface area contributed by atoms with Gasteiger partial charge in [0.25, 0.3) is 10.0 Å². The van der Waals surface area contributed by atoms with Crippen LogP contribution in [0.5, 0.6) is 0 Å². The smallest absolute Gasteiger partial charge is 0.338 e. The van der Waals surface area contributed by atoms with Gasteiger partial charge < -0.3 is 9.15 Å². The number of hydrogen-bond donors (Lipinski definition) is 0. The maximum Gasteiger partial charge on any atom is 0.338 e. The Morgan fingerprint density at radius 1 is 1.10 bits per heavy atom. The highest BCUT2D eigenvalue weighted by Gasteiger charge is 2.31. The first-order chi connectivity index (χ1) is 14.5. The maximum atomic E-state index is 12.9. The van der Waals surface area contributed by atoms with Crippen molar-refractivity contribution in [2.24, 2.45) is 0 Å². The van der Waals surface area contributed by atoms with Gasteiger partial charge in [0.2, 0.25) is 15.1 Å². The highest BCUT2D eigenvalue weighted by molar-refractivity contribution is 7.89. The van der Waals surface area contributed by atoms with Crippen molar-refractivity contribution in [3.63, 3.8) is 0 Å². The van der Waals surface area contributed by atoms with Gasteiger partial charge in [0.15, 0.2) is 0 Å². The fraction of sp³-hybridized carbons (Fsp3) is 0.450. The van der Waals surface area contributed by atoms with Crippen molar-refractivity contribution >= 4 is 26.0 Å². The van der Waals surface area contributed by atoms with E-state index < -0.39 is 26.0 Å². The Hall–Kier alpha value is -2.21. The van der Waals surface area contributed by atoms with Crippen LogP contribution in [0.2, 0.25) is 0 Å². The number of carbonyl (C=O) groups excluding carboxylic acids is 1. The summed E-state index contributed by atoms with van der Waals surface area (Å²) in [7, 11) is -4.57. The number of furan rings is 1. The number of ether oxygens (including phenoxy) is 1. The van der Waals surface area contributed by atoms with Crippen LogP contribution in [0.15, 0.2) is 50.8 Å². The number of carbonyl (C=O) groups is 1. The Morgan fingerprint density at radius 3 is 2.39 bits per heavy atom. The van der Waals surface area contributed by atoms with E-state index in [2.05, 4.69) is 0 Å². The van der Waals surface area contributed by atoms with Gasteiger partial charge in [-0.3, -0.25) is 0 Å². The van der Waals surface area contributed by atoms with Crippen LogP contribution in [0.4, 0.5) is 0 Å². The van der Waals surface area contributed by atoms with Crippen molar-refractivity contribution < 1.29 is 30.8 Å². The minimum absolute atomic E-state index is 0.0575. The summed E-state index contributed by atoms with van der Waals surface area (Å²) in [5.41, 5.74) is 0.179. The summed E-state index contributed by atoms with van der Waals surface area (Å²) in [4.78, 5) is 12.4.